The Labute approximate surface area is 124 Å². The Hall–Kier alpha value is -2.28. The highest BCUT2D eigenvalue weighted by Crippen LogP contribution is 2.27. The van der Waals surface area contributed by atoms with Crippen molar-refractivity contribution < 1.29 is 19.1 Å². The lowest BCUT2D eigenvalue weighted by molar-refractivity contribution is -0.119. The summed E-state index contributed by atoms with van der Waals surface area (Å²) in [7, 11) is 6.32. The smallest absolute Gasteiger partial charge is 0.283 e. The summed E-state index contributed by atoms with van der Waals surface area (Å²) >= 11 is 0. The Kier molecular flexibility index (Phi) is 6.48. The van der Waals surface area contributed by atoms with Gasteiger partial charge in [-0.25, -0.2) is 5.01 Å². The van der Waals surface area contributed by atoms with Crippen LogP contribution in [0.2, 0.25) is 0 Å². The van der Waals surface area contributed by atoms with Gasteiger partial charge < -0.3 is 14.3 Å². The van der Waals surface area contributed by atoms with Crippen LogP contribution in [-0.4, -0.2) is 45.0 Å². The molecule has 0 bridgehead atoms. The van der Waals surface area contributed by atoms with E-state index in [2.05, 4.69) is 15.4 Å². The van der Waals surface area contributed by atoms with Crippen molar-refractivity contribution in [1.82, 2.24) is 10.4 Å². The van der Waals surface area contributed by atoms with Crippen LogP contribution in [0.5, 0.6) is 11.5 Å². The zero-order valence-corrected chi connectivity index (χ0v) is 13.0. The number of ether oxygens (including phenoxy) is 2. The molecule has 0 aromatic heterocycles. The molecule has 1 amide bonds. The molecular weight excluding hydrogens is 274 g/mol. The summed E-state index contributed by atoms with van der Waals surface area (Å²) in [4.78, 5) is 16.3. The van der Waals surface area contributed by atoms with Crippen LogP contribution < -0.4 is 14.9 Å². The number of rotatable bonds is 7. The van der Waals surface area contributed by atoms with Gasteiger partial charge in [0.25, 0.3) is 5.91 Å². The normalized spacial score (nSPS) is 11.2. The SMILES string of the molecule is CON=C(C)C(=O)NN(C)Cc1ccc(OC)c(OC)c1. The number of amides is 1. The topological polar surface area (TPSA) is 72.4 Å². The number of oxime groups is 1. The van der Waals surface area contributed by atoms with Crippen LogP contribution in [-0.2, 0) is 16.2 Å². The summed E-state index contributed by atoms with van der Waals surface area (Å²) in [5.41, 5.74) is 3.91. The molecule has 7 nitrogen and oxygen atoms in total. The Bertz CT molecular complexity index is 517. The lowest BCUT2D eigenvalue weighted by Crippen LogP contribution is -2.41. The van der Waals surface area contributed by atoms with Crippen LogP contribution in [0.3, 0.4) is 0 Å². The minimum Gasteiger partial charge on any atom is -0.493 e. The molecule has 116 valence electrons. The molecule has 7 heteroatoms. The minimum absolute atomic E-state index is 0.247. The van der Waals surface area contributed by atoms with Gasteiger partial charge in [-0.05, 0) is 24.6 Å². The van der Waals surface area contributed by atoms with Crippen molar-refractivity contribution in [1.29, 1.82) is 0 Å². The monoisotopic (exact) mass is 295 g/mol. The van der Waals surface area contributed by atoms with Gasteiger partial charge in [0.05, 0.1) is 14.2 Å². The minimum atomic E-state index is -0.320. The van der Waals surface area contributed by atoms with E-state index in [9.17, 15) is 4.79 Å². The van der Waals surface area contributed by atoms with Crippen molar-refractivity contribution >= 4 is 11.6 Å². The fraction of sp³-hybridized carbons (Fsp3) is 0.429. The maximum atomic E-state index is 11.7. The number of hydrogen-bond donors (Lipinski definition) is 1. The molecule has 1 aromatic carbocycles. The van der Waals surface area contributed by atoms with Gasteiger partial charge in [-0.3, -0.25) is 10.2 Å². The van der Waals surface area contributed by atoms with Gasteiger partial charge in [0.2, 0.25) is 0 Å². The third-order valence-corrected chi connectivity index (χ3v) is 2.72. The summed E-state index contributed by atoms with van der Waals surface area (Å²) in [6.45, 7) is 2.08. The van der Waals surface area contributed by atoms with Crippen molar-refractivity contribution in [3.63, 3.8) is 0 Å². The number of hydrazine groups is 1. The average molecular weight is 295 g/mol. The van der Waals surface area contributed by atoms with Crippen molar-refractivity contribution in [2.75, 3.05) is 28.4 Å². The van der Waals surface area contributed by atoms with Gasteiger partial charge in [0, 0.05) is 13.6 Å². The molecule has 0 fully saturated rings. The Morgan fingerprint density at radius 1 is 1.24 bits per heavy atom. The van der Waals surface area contributed by atoms with Crippen LogP contribution >= 0.6 is 0 Å². The maximum absolute atomic E-state index is 11.7. The quantitative estimate of drug-likeness (QED) is 0.604. The first-order valence-corrected chi connectivity index (χ1v) is 6.32. The molecule has 21 heavy (non-hydrogen) atoms. The molecule has 0 saturated heterocycles. The molecule has 0 heterocycles. The third-order valence-electron chi connectivity index (χ3n) is 2.72. The van der Waals surface area contributed by atoms with Gasteiger partial charge in [-0.15, -0.1) is 0 Å². The summed E-state index contributed by atoms with van der Waals surface area (Å²) in [6, 6.07) is 5.58. The van der Waals surface area contributed by atoms with E-state index in [-0.39, 0.29) is 11.6 Å². The summed E-state index contributed by atoms with van der Waals surface area (Å²) in [5.74, 6) is 0.989. The highest BCUT2D eigenvalue weighted by molar-refractivity contribution is 6.37. The number of nitrogens with zero attached hydrogens (tertiary/aromatic N) is 2. The van der Waals surface area contributed by atoms with Crippen molar-refractivity contribution in [2.45, 2.75) is 13.5 Å². The summed E-state index contributed by atoms with van der Waals surface area (Å²) in [5, 5.41) is 5.23. The number of carbonyl (C=O) groups is 1. The second kappa shape index (κ2) is 8.11. The Morgan fingerprint density at radius 3 is 2.48 bits per heavy atom. The lowest BCUT2D eigenvalue weighted by atomic mass is 10.2. The molecule has 1 N–H and O–H groups in total. The van der Waals surface area contributed by atoms with E-state index in [1.807, 2.05) is 18.2 Å². The molecule has 0 aliphatic rings. The van der Waals surface area contributed by atoms with Crippen LogP contribution in [0.15, 0.2) is 23.4 Å². The van der Waals surface area contributed by atoms with E-state index in [1.165, 1.54) is 7.11 Å². The second-order valence-electron chi connectivity index (χ2n) is 4.35. The van der Waals surface area contributed by atoms with Crippen LogP contribution in [0.25, 0.3) is 0 Å². The van der Waals surface area contributed by atoms with E-state index in [0.717, 1.165) is 5.56 Å². The molecule has 0 spiro atoms. The standard InChI is InChI=1S/C14H21N3O4/c1-10(16-21-5)14(18)15-17(2)9-11-6-7-12(19-3)13(8-11)20-4/h6-8H,9H2,1-5H3,(H,15,18). The van der Waals surface area contributed by atoms with E-state index < -0.39 is 0 Å². The van der Waals surface area contributed by atoms with Crippen molar-refractivity contribution in [3.8, 4) is 11.5 Å². The first-order chi connectivity index (χ1) is 10.0. The van der Waals surface area contributed by atoms with Gasteiger partial charge >= 0.3 is 0 Å². The zero-order valence-electron chi connectivity index (χ0n) is 13.0. The molecule has 0 saturated carbocycles. The van der Waals surface area contributed by atoms with E-state index in [0.29, 0.717) is 18.0 Å². The first-order valence-electron chi connectivity index (χ1n) is 6.32. The number of benzene rings is 1. The molecule has 0 atom stereocenters. The molecule has 1 rings (SSSR count). The molecule has 0 aliphatic heterocycles. The number of carbonyl (C=O) groups excluding carboxylic acids is 1. The maximum Gasteiger partial charge on any atom is 0.283 e. The highest BCUT2D eigenvalue weighted by atomic mass is 16.6. The summed E-state index contributed by atoms with van der Waals surface area (Å²) < 4.78 is 10.4. The van der Waals surface area contributed by atoms with Gasteiger partial charge in [-0.1, -0.05) is 11.2 Å². The molecular formula is C14H21N3O4. The molecule has 0 radical (unpaired) electrons. The molecule has 1 aromatic rings. The molecule has 0 unspecified atom stereocenters. The van der Waals surface area contributed by atoms with E-state index in [4.69, 9.17) is 9.47 Å². The Balaban J connectivity index is 2.69. The van der Waals surface area contributed by atoms with Gasteiger partial charge in [-0.2, -0.15) is 0 Å². The fourth-order valence-electron chi connectivity index (χ4n) is 1.73. The second-order valence-corrected chi connectivity index (χ2v) is 4.35. The van der Waals surface area contributed by atoms with E-state index in [1.54, 1.807) is 33.2 Å². The first kappa shape index (κ1) is 16.8. The third kappa shape index (κ3) is 4.96. The average Bonchev–Trinajstić information content (AvgIpc) is 2.47. The van der Waals surface area contributed by atoms with Crippen molar-refractivity contribution in [3.05, 3.63) is 23.8 Å². The largest absolute Gasteiger partial charge is 0.493 e. The van der Waals surface area contributed by atoms with Crippen LogP contribution in [0, 0.1) is 0 Å². The predicted molar refractivity (Wildman–Crippen MR) is 79.3 cm³/mol. The lowest BCUT2D eigenvalue weighted by Gasteiger charge is -2.18. The fourth-order valence-corrected chi connectivity index (χ4v) is 1.73. The number of hydrogen-bond acceptors (Lipinski definition) is 6. The molecule has 0 aliphatic carbocycles. The zero-order chi connectivity index (χ0) is 15.8. The number of methoxy groups -OCH3 is 2. The highest BCUT2D eigenvalue weighted by Gasteiger charge is 2.11. The predicted octanol–water partition coefficient (Wildman–Crippen LogP) is 1.19. The summed E-state index contributed by atoms with van der Waals surface area (Å²) in [6.07, 6.45) is 0. The van der Waals surface area contributed by atoms with Gasteiger partial charge in [0.15, 0.2) is 11.5 Å². The van der Waals surface area contributed by atoms with Crippen LogP contribution in [0.4, 0.5) is 0 Å². The Morgan fingerprint density at radius 2 is 1.90 bits per heavy atom. The number of nitrogens with one attached hydrogen (secondary N) is 1. The van der Waals surface area contributed by atoms with E-state index >= 15 is 0 Å². The van der Waals surface area contributed by atoms with Gasteiger partial charge in [0.1, 0.15) is 12.8 Å². The van der Waals surface area contributed by atoms with Crippen molar-refractivity contribution in [2.24, 2.45) is 5.16 Å². The van der Waals surface area contributed by atoms with Crippen LogP contribution in [0.1, 0.15) is 12.5 Å².